The zero-order valence-corrected chi connectivity index (χ0v) is 20.4. The molecule has 8 heteroatoms. The molecule has 0 radical (unpaired) electrons. The van der Waals surface area contributed by atoms with Gasteiger partial charge in [-0.1, -0.05) is 59.6 Å². The number of carbonyl (C=O) groups is 2. The zero-order valence-electron chi connectivity index (χ0n) is 18.9. The van der Waals surface area contributed by atoms with Gasteiger partial charge in [0, 0.05) is 25.3 Å². The Labute approximate surface area is 208 Å². The lowest BCUT2D eigenvalue weighted by Gasteiger charge is -2.19. The van der Waals surface area contributed by atoms with Crippen molar-refractivity contribution in [2.24, 2.45) is 0 Å². The molecule has 3 aromatic carbocycles. The third kappa shape index (κ3) is 4.60. The molecule has 2 N–H and O–H groups in total. The summed E-state index contributed by atoms with van der Waals surface area (Å²) in [5.41, 5.74) is 4.76. The van der Waals surface area contributed by atoms with Gasteiger partial charge in [0.05, 0.1) is 44.9 Å². The van der Waals surface area contributed by atoms with Crippen molar-refractivity contribution < 1.29 is 14.3 Å². The van der Waals surface area contributed by atoms with Crippen LogP contribution in [0.1, 0.15) is 28.4 Å². The number of nitrogens with one attached hydrogen (secondary N) is 2. The molecule has 1 amide bonds. The SMILES string of the molecule is CCOC(=O)c1ccc2c(c1)NC(=O)/C2=C(\Nc1cc(Cl)c(N(C)C)c(Cl)c1)c1ccccc1. The van der Waals surface area contributed by atoms with Crippen LogP contribution >= 0.6 is 23.2 Å². The van der Waals surface area contributed by atoms with E-state index in [0.29, 0.717) is 49.5 Å². The van der Waals surface area contributed by atoms with E-state index < -0.39 is 5.97 Å². The van der Waals surface area contributed by atoms with Crippen LogP contribution in [0.3, 0.4) is 0 Å². The number of ether oxygens (including phenoxy) is 1. The summed E-state index contributed by atoms with van der Waals surface area (Å²) in [7, 11) is 3.73. The maximum Gasteiger partial charge on any atom is 0.338 e. The number of carbonyl (C=O) groups excluding carboxylic acids is 2. The summed E-state index contributed by atoms with van der Waals surface area (Å²) in [6.45, 7) is 2.02. The Hall–Kier alpha value is -3.48. The van der Waals surface area contributed by atoms with Crippen molar-refractivity contribution in [2.75, 3.05) is 36.2 Å². The van der Waals surface area contributed by atoms with Gasteiger partial charge in [-0.25, -0.2) is 4.79 Å². The summed E-state index contributed by atoms with van der Waals surface area (Å²) < 4.78 is 5.08. The van der Waals surface area contributed by atoms with Crippen LogP contribution in [0.5, 0.6) is 0 Å². The Morgan fingerprint density at radius 2 is 1.68 bits per heavy atom. The predicted octanol–water partition coefficient (Wildman–Crippen LogP) is 6.17. The maximum absolute atomic E-state index is 13.1. The standard InChI is InChI=1S/C26H23Cl2N3O3/c1-4-34-26(33)16-10-11-18-21(12-16)30-25(32)22(18)23(15-8-6-5-7-9-15)29-17-13-19(27)24(31(2)3)20(28)14-17/h5-14,29H,4H2,1-3H3,(H,30,32)/b23-22-. The van der Waals surface area contributed by atoms with Crippen molar-refractivity contribution in [3.8, 4) is 0 Å². The molecule has 3 aromatic rings. The first-order chi connectivity index (χ1) is 16.3. The molecule has 0 saturated heterocycles. The minimum atomic E-state index is -0.441. The predicted molar refractivity (Wildman–Crippen MR) is 139 cm³/mol. The highest BCUT2D eigenvalue weighted by molar-refractivity contribution is 6.40. The lowest BCUT2D eigenvalue weighted by molar-refractivity contribution is -0.110. The van der Waals surface area contributed by atoms with Gasteiger partial charge in [-0.15, -0.1) is 0 Å². The number of halogens is 2. The molecule has 1 aliphatic heterocycles. The highest BCUT2D eigenvalue weighted by atomic mass is 35.5. The molecular formula is C26H23Cl2N3O3. The van der Waals surface area contributed by atoms with Crippen molar-refractivity contribution in [2.45, 2.75) is 6.92 Å². The Balaban J connectivity index is 1.84. The molecule has 1 heterocycles. The van der Waals surface area contributed by atoms with Gasteiger partial charge in [-0.2, -0.15) is 0 Å². The molecule has 0 aliphatic carbocycles. The summed E-state index contributed by atoms with van der Waals surface area (Å²) in [5, 5.41) is 7.18. The van der Waals surface area contributed by atoms with Gasteiger partial charge in [0.2, 0.25) is 0 Å². The van der Waals surface area contributed by atoms with Crippen LogP contribution in [0.15, 0.2) is 60.7 Å². The summed E-state index contributed by atoms with van der Waals surface area (Å²) in [4.78, 5) is 27.1. The Kier molecular flexibility index (Phi) is 6.82. The molecule has 4 rings (SSSR count). The Bertz CT molecular complexity index is 1280. The first-order valence-corrected chi connectivity index (χ1v) is 11.4. The molecule has 34 heavy (non-hydrogen) atoms. The number of amides is 1. The number of benzene rings is 3. The van der Waals surface area contributed by atoms with Gasteiger partial charge in [-0.3, -0.25) is 4.79 Å². The van der Waals surface area contributed by atoms with Crippen molar-refractivity contribution >= 4 is 63.4 Å². The second-order valence-electron chi connectivity index (χ2n) is 7.86. The highest BCUT2D eigenvalue weighted by Crippen LogP contribution is 2.40. The summed E-state index contributed by atoms with van der Waals surface area (Å²) >= 11 is 13.0. The lowest BCUT2D eigenvalue weighted by Crippen LogP contribution is -2.12. The quantitative estimate of drug-likeness (QED) is 0.316. The Morgan fingerprint density at radius 1 is 1.00 bits per heavy atom. The topological polar surface area (TPSA) is 70.7 Å². The monoisotopic (exact) mass is 495 g/mol. The van der Waals surface area contributed by atoms with Gasteiger partial charge >= 0.3 is 5.97 Å². The van der Waals surface area contributed by atoms with Crippen LogP contribution in [0.2, 0.25) is 10.0 Å². The minimum absolute atomic E-state index is 0.271. The molecule has 0 aromatic heterocycles. The van der Waals surface area contributed by atoms with Crippen LogP contribution in [-0.4, -0.2) is 32.6 Å². The van der Waals surface area contributed by atoms with E-state index in [1.54, 1.807) is 37.3 Å². The van der Waals surface area contributed by atoms with E-state index >= 15 is 0 Å². The van der Waals surface area contributed by atoms with Crippen LogP contribution in [0.4, 0.5) is 17.1 Å². The fourth-order valence-corrected chi connectivity index (χ4v) is 4.68. The molecule has 0 spiro atoms. The van der Waals surface area contributed by atoms with Gasteiger partial charge in [0.1, 0.15) is 0 Å². The average molecular weight is 496 g/mol. The molecule has 0 saturated carbocycles. The van der Waals surface area contributed by atoms with Gasteiger partial charge in [0.25, 0.3) is 5.91 Å². The van der Waals surface area contributed by atoms with E-state index in [1.807, 2.05) is 49.3 Å². The van der Waals surface area contributed by atoms with Gasteiger partial charge in [0.15, 0.2) is 0 Å². The molecular weight excluding hydrogens is 473 g/mol. The van der Waals surface area contributed by atoms with Crippen LogP contribution in [0.25, 0.3) is 11.3 Å². The number of hydrogen-bond donors (Lipinski definition) is 2. The number of fused-ring (bicyclic) bond motifs is 1. The maximum atomic E-state index is 13.1. The molecule has 0 unspecified atom stereocenters. The zero-order chi connectivity index (χ0) is 24.4. The number of anilines is 3. The average Bonchev–Trinajstić information content (AvgIpc) is 3.12. The lowest BCUT2D eigenvalue weighted by atomic mass is 9.99. The van der Waals surface area contributed by atoms with E-state index in [0.717, 1.165) is 5.56 Å². The Morgan fingerprint density at radius 3 is 2.29 bits per heavy atom. The van der Waals surface area contributed by atoms with Crippen molar-refractivity contribution in [1.82, 2.24) is 0 Å². The molecule has 0 bridgehead atoms. The van der Waals surface area contributed by atoms with Gasteiger partial charge < -0.3 is 20.3 Å². The number of nitrogens with zero attached hydrogens (tertiary/aromatic N) is 1. The minimum Gasteiger partial charge on any atom is -0.462 e. The third-order valence-corrected chi connectivity index (χ3v) is 5.90. The fourth-order valence-electron chi connectivity index (χ4n) is 3.86. The van der Waals surface area contributed by atoms with Gasteiger partial charge in [-0.05, 0) is 36.8 Å². The van der Waals surface area contributed by atoms with E-state index in [1.165, 1.54) is 0 Å². The van der Waals surface area contributed by atoms with Crippen LogP contribution in [0, 0.1) is 0 Å². The van der Waals surface area contributed by atoms with Crippen molar-refractivity contribution in [1.29, 1.82) is 0 Å². The molecule has 1 aliphatic rings. The molecule has 6 nitrogen and oxygen atoms in total. The summed E-state index contributed by atoms with van der Waals surface area (Å²) in [6, 6.07) is 18.1. The number of rotatable bonds is 6. The fraction of sp³-hybridized carbons (Fsp3) is 0.154. The van der Waals surface area contributed by atoms with Crippen LogP contribution in [-0.2, 0) is 9.53 Å². The summed E-state index contributed by atoms with van der Waals surface area (Å²) in [5.74, 6) is -0.729. The third-order valence-electron chi connectivity index (χ3n) is 5.32. The van der Waals surface area contributed by atoms with E-state index in [9.17, 15) is 9.59 Å². The smallest absolute Gasteiger partial charge is 0.338 e. The number of hydrogen-bond acceptors (Lipinski definition) is 5. The van der Waals surface area contributed by atoms with E-state index in [-0.39, 0.29) is 12.5 Å². The summed E-state index contributed by atoms with van der Waals surface area (Å²) in [6.07, 6.45) is 0. The molecule has 0 atom stereocenters. The van der Waals surface area contributed by atoms with Crippen molar-refractivity contribution in [3.63, 3.8) is 0 Å². The van der Waals surface area contributed by atoms with Crippen molar-refractivity contribution in [3.05, 3.63) is 87.4 Å². The second-order valence-corrected chi connectivity index (χ2v) is 8.67. The van der Waals surface area contributed by atoms with Crippen LogP contribution < -0.4 is 15.5 Å². The highest BCUT2D eigenvalue weighted by Gasteiger charge is 2.29. The molecule has 0 fully saturated rings. The first-order valence-electron chi connectivity index (χ1n) is 10.7. The van der Waals surface area contributed by atoms with E-state index in [4.69, 9.17) is 27.9 Å². The number of esters is 1. The second kappa shape index (κ2) is 9.79. The largest absolute Gasteiger partial charge is 0.462 e. The molecule has 174 valence electrons. The van der Waals surface area contributed by atoms with E-state index in [2.05, 4.69) is 10.6 Å². The first kappa shape index (κ1) is 23.7. The normalized spacial score (nSPS) is 13.7.